The van der Waals surface area contributed by atoms with E-state index in [1.807, 2.05) is 18.7 Å². The topological polar surface area (TPSA) is 96.0 Å². The third kappa shape index (κ3) is 4.98. The van der Waals surface area contributed by atoms with Crippen molar-refractivity contribution < 1.29 is 23.9 Å². The number of fused-ring (bicyclic) bond motifs is 1. The number of benzene rings is 2. The van der Waals surface area contributed by atoms with Gasteiger partial charge in [0.15, 0.2) is 0 Å². The van der Waals surface area contributed by atoms with E-state index < -0.39 is 0 Å². The zero-order valence-corrected chi connectivity index (χ0v) is 21.1. The number of nitrogens with one attached hydrogen (secondary N) is 1. The summed E-state index contributed by atoms with van der Waals surface area (Å²) in [5.74, 6) is -0.280. The van der Waals surface area contributed by atoms with Gasteiger partial charge in [-0.25, -0.2) is 0 Å². The quantitative estimate of drug-likeness (QED) is 0.569. The van der Waals surface area contributed by atoms with E-state index in [-0.39, 0.29) is 42.1 Å². The zero-order chi connectivity index (χ0) is 25.8. The fourth-order valence-electron chi connectivity index (χ4n) is 5.00. The lowest BCUT2D eigenvalue weighted by Gasteiger charge is -2.34. The van der Waals surface area contributed by atoms with E-state index in [4.69, 9.17) is 4.74 Å². The van der Waals surface area contributed by atoms with Crippen LogP contribution in [0.25, 0.3) is 0 Å². The number of carbonyl (C=O) groups is 4. The van der Waals surface area contributed by atoms with Gasteiger partial charge in [0.05, 0.1) is 30.3 Å². The molecule has 0 aromatic heterocycles. The average molecular weight is 492 g/mol. The third-order valence-corrected chi connectivity index (χ3v) is 7.20. The lowest BCUT2D eigenvalue weighted by Crippen LogP contribution is -2.48. The van der Waals surface area contributed by atoms with E-state index >= 15 is 0 Å². The van der Waals surface area contributed by atoms with Gasteiger partial charge >= 0.3 is 0 Å². The molecule has 0 spiro atoms. The first-order chi connectivity index (χ1) is 17.4. The molecule has 0 radical (unpaired) electrons. The Labute approximate surface area is 211 Å². The number of methoxy groups -OCH3 is 1. The molecule has 8 heteroatoms. The Morgan fingerprint density at radius 1 is 1.00 bits per heavy atom. The number of ether oxygens (including phenoxy) is 1. The van der Waals surface area contributed by atoms with E-state index in [0.717, 1.165) is 12.8 Å². The highest BCUT2D eigenvalue weighted by atomic mass is 16.5. The van der Waals surface area contributed by atoms with Crippen molar-refractivity contribution in [3.05, 3.63) is 64.7 Å². The van der Waals surface area contributed by atoms with Gasteiger partial charge in [0.2, 0.25) is 5.91 Å². The minimum absolute atomic E-state index is 0.0483. The van der Waals surface area contributed by atoms with Gasteiger partial charge < -0.3 is 15.0 Å². The second-order valence-electron chi connectivity index (χ2n) is 9.36. The molecule has 190 valence electrons. The molecule has 1 N–H and O–H groups in total. The Morgan fingerprint density at radius 3 is 2.17 bits per heavy atom. The molecule has 1 saturated heterocycles. The maximum absolute atomic E-state index is 13.2. The van der Waals surface area contributed by atoms with Crippen LogP contribution in [0.3, 0.4) is 0 Å². The first kappa shape index (κ1) is 25.4. The summed E-state index contributed by atoms with van der Waals surface area (Å²) in [6.07, 6.45) is 3.05. The van der Waals surface area contributed by atoms with Crippen LogP contribution < -0.4 is 10.1 Å². The molecule has 0 atom stereocenters. The van der Waals surface area contributed by atoms with Gasteiger partial charge in [-0.1, -0.05) is 32.0 Å². The second-order valence-corrected chi connectivity index (χ2v) is 9.36. The highest BCUT2D eigenvalue weighted by Crippen LogP contribution is 2.27. The van der Waals surface area contributed by atoms with Crippen molar-refractivity contribution in [2.24, 2.45) is 5.92 Å². The predicted octanol–water partition coefficient (Wildman–Crippen LogP) is 3.65. The van der Waals surface area contributed by atoms with Crippen LogP contribution in [-0.4, -0.2) is 59.7 Å². The Hall–Kier alpha value is -3.68. The van der Waals surface area contributed by atoms with Crippen LogP contribution in [0.1, 0.15) is 76.2 Å². The largest absolute Gasteiger partial charge is 0.496 e. The van der Waals surface area contributed by atoms with Gasteiger partial charge in [0.1, 0.15) is 5.75 Å². The minimum Gasteiger partial charge on any atom is -0.496 e. The van der Waals surface area contributed by atoms with Gasteiger partial charge in [-0.3, -0.25) is 24.1 Å². The summed E-state index contributed by atoms with van der Waals surface area (Å²) in [6.45, 7) is 5.38. The SMILES string of the molecule is CCC(CC)C(=O)N1CCC(NC(=O)c2cc(CN3C(=O)c4ccccc4C3=O)ccc2OC)CC1. The van der Waals surface area contributed by atoms with Gasteiger partial charge in [-0.05, 0) is 55.5 Å². The summed E-state index contributed by atoms with van der Waals surface area (Å²) in [4.78, 5) is 54.4. The number of nitrogens with zero attached hydrogens (tertiary/aromatic N) is 2. The van der Waals surface area contributed by atoms with Crippen LogP contribution in [0.15, 0.2) is 42.5 Å². The summed E-state index contributed by atoms with van der Waals surface area (Å²) < 4.78 is 5.41. The average Bonchev–Trinajstić information content (AvgIpc) is 3.14. The molecule has 0 unspecified atom stereocenters. The van der Waals surface area contributed by atoms with Crippen LogP contribution in [0.4, 0.5) is 0 Å². The molecule has 2 aromatic rings. The molecule has 2 heterocycles. The number of amides is 4. The summed E-state index contributed by atoms with van der Waals surface area (Å²) >= 11 is 0. The van der Waals surface area contributed by atoms with Crippen LogP contribution in [-0.2, 0) is 11.3 Å². The summed E-state index contributed by atoms with van der Waals surface area (Å²) in [6, 6.07) is 11.8. The van der Waals surface area contributed by atoms with Crippen LogP contribution in [0.5, 0.6) is 5.75 Å². The van der Waals surface area contributed by atoms with Crippen LogP contribution in [0.2, 0.25) is 0 Å². The first-order valence-electron chi connectivity index (χ1n) is 12.6. The van der Waals surface area contributed by atoms with Gasteiger partial charge in [0, 0.05) is 25.0 Å². The third-order valence-electron chi connectivity index (χ3n) is 7.20. The van der Waals surface area contributed by atoms with Crippen molar-refractivity contribution in [3.8, 4) is 5.75 Å². The highest BCUT2D eigenvalue weighted by molar-refractivity contribution is 6.21. The Bertz CT molecular complexity index is 1130. The smallest absolute Gasteiger partial charge is 0.261 e. The van der Waals surface area contributed by atoms with E-state index in [1.54, 1.807) is 42.5 Å². The number of carbonyl (C=O) groups excluding carboxylic acids is 4. The van der Waals surface area contributed by atoms with Crippen LogP contribution >= 0.6 is 0 Å². The molecule has 4 amide bonds. The molecule has 1 fully saturated rings. The van der Waals surface area contributed by atoms with Crippen molar-refractivity contribution in [3.63, 3.8) is 0 Å². The van der Waals surface area contributed by atoms with E-state index in [2.05, 4.69) is 5.32 Å². The number of hydrogen-bond acceptors (Lipinski definition) is 5. The molecule has 0 saturated carbocycles. The van der Waals surface area contributed by atoms with E-state index in [0.29, 0.717) is 53.9 Å². The highest BCUT2D eigenvalue weighted by Gasteiger charge is 2.35. The monoisotopic (exact) mass is 491 g/mol. The molecular formula is C28H33N3O5. The van der Waals surface area contributed by atoms with E-state index in [1.165, 1.54) is 12.0 Å². The van der Waals surface area contributed by atoms with Crippen LogP contribution in [0, 0.1) is 5.92 Å². The summed E-state index contributed by atoms with van der Waals surface area (Å²) in [5, 5.41) is 3.07. The molecule has 36 heavy (non-hydrogen) atoms. The van der Waals surface area contributed by atoms with Crippen molar-refractivity contribution in [2.75, 3.05) is 20.2 Å². The fourth-order valence-corrected chi connectivity index (χ4v) is 5.00. The Balaban J connectivity index is 1.42. The standard InChI is InChI=1S/C28H33N3O5/c1-4-19(5-2)26(33)30-14-12-20(13-15-30)29-25(32)23-16-18(10-11-24(23)36-3)17-31-27(34)21-8-6-7-9-22(21)28(31)35/h6-11,16,19-20H,4-5,12-15,17H2,1-3H3,(H,29,32). The number of imide groups is 1. The van der Waals surface area contributed by atoms with Crippen molar-refractivity contribution in [1.82, 2.24) is 15.1 Å². The van der Waals surface area contributed by atoms with Gasteiger partial charge in [-0.2, -0.15) is 0 Å². The Kier molecular flexibility index (Phi) is 7.72. The summed E-state index contributed by atoms with van der Waals surface area (Å²) in [5.41, 5.74) is 1.79. The summed E-state index contributed by atoms with van der Waals surface area (Å²) in [7, 11) is 1.50. The maximum atomic E-state index is 13.2. The molecule has 2 aliphatic rings. The van der Waals surface area contributed by atoms with Gasteiger partial charge in [0.25, 0.3) is 17.7 Å². The molecule has 0 bridgehead atoms. The van der Waals surface area contributed by atoms with E-state index in [9.17, 15) is 19.2 Å². The molecule has 4 rings (SSSR count). The zero-order valence-electron chi connectivity index (χ0n) is 21.1. The van der Waals surface area contributed by atoms with Crippen molar-refractivity contribution in [2.45, 2.75) is 52.1 Å². The first-order valence-corrected chi connectivity index (χ1v) is 12.6. The van der Waals surface area contributed by atoms with Crippen molar-refractivity contribution >= 4 is 23.6 Å². The van der Waals surface area contributed by atoms with Crippen molar-refractivity contribution in [1.29, 1.82) is 0 Å². The number of likely N-dealkylation sites (tertiary alicyclic amines) is 1. The molecule has 8 nitrogen and oxygen atoms in total. The lowest BCUT2D eigenvalue weighted by atomic mass is 9.98. The molecule has 2 aliphatic heterocycles. The normalized spacial score (nSPS) is 15.9. The minimum atomic E-state index is -0.341. The molecule has 2 aromatic carbocycles. The lowest BCUT2D eigenvalue weighted by molar-refractivity contribution is -0.136. The molecule has 0 aliphatic carbocycles. The predicted molar refractivity (Wildman–Crippen MR) is 135 cm³/mol. The number of rotatable bonds is 8. The fraction of sp³-hybridized carbons (Fsp3) is 0.429. The number of hydrogen-bond donors (Lipinski definition) is 1. The maximum Gasteiger partial charge on any atom is 0.261 e. The second kappa shape index (κ2) is 10.9. The number of piperidine rings is 1. The van der Waals surface area contributed by atoms with Gasteiger partial charge in [-0.15, -0.1) is 0 Å². The molecular weight excluding hydrogens is 458 g/mol. The Morgan fingerprint density at radius 2 is 1.61 bits per heavy atom.